The maximum atomic E-state index is 11.4. The maximum Gasteiger partial charge on any atom is 0.318 e. The number of sulfone groups is 1. The summed E-state index contributed by atoms with van der Waals surface area (Å²) in [6, 6.07) is -0.428. The topological polar surface area (TPSA) is 66.5 Å². The molecule has 0 spiro atoms. The van der Waals surface area contributed by atoms with Gasteiger partial charge in [-0.15, -0.1) is 0 Å². The van der Waals surface area contributed by atoms with Crippen LogP contribution in [0.25, 0.3) is 0 Å². The molecule has 2 aliphatic heterocycles. The van der Waals surface area contributed by atoms with Crippen molar-refractivity contribution in [3.63, 3.8) is 0 Å². The van der Waals surface area contributed by atoms with Crippen molar-refractivity contribution >= 4 is 15.9 Å². The van der Waals surface area contributed by atoms with Crippen LogP contribution in [0.2, 0.25) is 0 Å². The molecule has 0 radical (unpaired) electrons. The van der Waals surface area contributed by atoms with Gasteiger partial charge in [-0.25, -0.2) is 13.2 Å². The van der Waals surface area contributed by atoms with E-state index in [1.807, 2.05) is 6.92 Å². The lowest BCUT2D eigenvalue weighted by Gasteiger charge is -2.19. The molecule has 2 fully saturated rings. The fourth-order valence-corrected chi connectivity index (χ4v) is 4.10. The third-order valence-electron chi connectivity index (χ3n) is 2.76. The maximum absolute atomic E-state index is 11.4. The number of urea groups is 1. The molecule has 0 aromatic rings. The monoisotopic (exact) mass is 218 g/mol. The van der Waals surface area contributed by atoms with Crippen molar-refractivity contribution in [1.82, 2.24) is 10.2 Å². The van der Waals surface area contributed by atoms with E-state index in [1.165, 1.54) is 0 Å². The Morgan fingerprint density at radius 3 is 2.86 bits per heavy atom. The summed E-state index contributed by atoms with van der Waals surface area (Å²) in [6.07, 6.45) is 0.858. The van der Waals surface area contributed by atoms with E-state index in [9.17, 15) is 13.2 Å². The van der Waals surface area contributed by atoms with E-state index in [2.05, 4.69) is 5.32 Å². The van der Waals surface area contributed by atoms with Crippen LogP contribution >= 0.6 is 0 Å². The van der Waals surface area contributed by atoms with Crippen LogP contribution in [-0.4, -0.2) is 49.5 Å². The predicted octanol–water partition coefficient (Wildman–Crippen LogP) is -0.413. The first-order chi connectivity index (χ1) is 6.53. The number of carbonyl (C=O) groups excluding carboxylic acids is 1. The molecule has 2 heterocycles. The highest BCUT2D eigenvalue weighted by atomic mass is 32.2. The van der Waals surface area contributed by atoms with Gasteiger partial charge in [-0.2, -0.15) is 0 Å². The van der Waals surface area contributed by atoms with E-state index in [4.69, 9.17) is 0 Å². The molecule has 80 valence electrons. The Balaban J connectivity index is 2.17. The van der Waals surface area contributed by atoms with E-state index in [0.717, 1.165) is 6.42 Å². The number of hydrogen-bond acceptors (Lipinski definition) is 3. The van der Waals surface area contributed by atoms with E-state index in [-0.39, 0.29) is 29.6 Å². The second-order valence-corrected chi connectivity index (χ2v) is 6.05. The van der Waals surface area contributed by atoms with Gasteiger partial charge in [0.15, 0.2) is 9.84 Å². The van der Waals surface area contributed by atoms with Crippen LogP contribution in [-0.2, 0) is 9.84 Å². The predicted molar refractivity (Wildman–Crippen MR) is 51.8 cm³/mol. The lowest BCUT2D eigenvalue weighted by atomic mass is 10.2. The van der Waals surface area contributed by atoms with Crippen LogP contribution in [0.15, 0.2) is 0 Å². The molecule has 0 saturated carbocycles. The fraction of sp³-hybridized carbons (Fsp3) is 0.875. The molecule has 1 N–H and O–H groups in total. The average Bonchev–Trinajstić information content (AvgIpc) is 2.47. The van der Waals surface area contributed by atoms with Gasteiger partial charge in [-0.05, 0) is 6.42 Å². The van der Waals surface area contributed by atoms with Gasteiger partial charge >= 0.3 is 6.03 Å². The minimum atomic E-state index is -2.94. The van der Waals surface area contributed by atoms with Gasteiger partial charge in [0, 0.05) is 6.54 Å². The molecule has 6 heteroatoms. The number of amides is 2. The molecule has 2 rings (SSSR count). The molecule has 0 aromatic carbocycles. The molecule has 2 saturated heterocycles. The second-order valence-electron chi connectivity index (χ2n) is 3.89. The third-order valence-corrected chi connectivity index (χ3v) is 4.47. The Kier molecular flexibility index (Phi) is 2.17. The Morgan fingerprint density at radius 1 is 1.50 bits per heavy atom. The first kappa shape index (κ1) is 9.76. The summed E-state index contributed by atoms with van der Waals surface area (Å²) in [5.74, 6) is 0.222. The van der Waals surface area contributed by atoms with E-state index in [0.29, 0.717) is 6.54 Å². The molecular weight excluding hydrogens is 204 g/mol. The SMILES string of the molecule is CCCN1C(=O)N[C@H]2CS(=O)(=O)C[C@@H]21. The Labute approximate surface area is 83.4 Å². The van der Waals surface area contributed by atoms with Crippen molar-refractivity contribution in [1.29, 1.82) is 0 Å². The first-order valence-electron chi connectivity index (χ1n) is 4.81. The normalized spacial score (nSPS) is 34.4. The summed E-state index contributed by atoms with van der Waals surface area (Å²) >= 11 is 0. The van der Waals surface area contributed by atoms with Gasteiger partial charge in [-0.3, -0.25) is 0 Å². The van der Waals surface area contributed by atoms with Crippen LogP contribution in [0.1, 0.15) is 13.3 Å². The van der Waals surface area contributed by atoms with Crippen LogP contribution in [0.5, 0.6) is 0 Å². The zero-order valence-corrected chi connectivity index (χ0v) is 8.88. The lowest BCUT2D eigenvalue weighted by Crippen LogP contribution is -2.37. The van der Waals surface area contributed by atoms with Crippen molar-refractivity contribution in [3.8, 4) is 0 Å². The number of rotatable bonds is 2. The third kappa shape index (κ3) is 1.47. The lowest BCUT2D eigenvalue weighted by molar-refractivity contribution is 0.207. The smallest absolute Gasteiger partial charge is 0.318 e. The van der Waals surface area contributed by atoms with E-state index in [1.54, 1.807) is 4.90 Å². The molecule has 0 aliphatic carbocycles. The molecule has 5 nitrogen and oxygen atoms in total. The van der Waals surface area contributed by atoms with Gasteiger partial charge in [0.1, 0.15) is 0 Å². The zero-order chi connectivity index (χ0) is 10.3. The molecule has 0 aromatic heterocycles. The fourth-order valence-electron chi connectivity index (χ4n) is 2.17. The van der Waals surface area contributed by atoms with Gasteiger partial charge in [0.25, 0.3) is 0 Å². The summed E-state index contributed by atoms with van der Waals surface area (Å²) in [7, 11) is -2.94. The second kappa shape index (κ2) is 3.12. The van der Waals surface area contributed by atoms with Gasteiger partial charge < -0.3 is 10.2 Å². The van der Waals surface area contributed by atoms with Crippen molar-refractivity contribution in [2.75, 3.05) is 18.1 Å². The van der Waals surface area contributed by atoms with Crippen molar-refractivity contribution in [2.45, 2.75) is 25.4 Å². The number of fused-ring (bicyclic) bond motifs is 1. The standard InChI is InChI=1S/C8H14N2O3S/c1-2-3-10-7-5-14(12,13)4-6(7)9-8(10)11/h6-7H,2-5H2,1H3,(H,9,11)/t6-,7-/m0/s1. The highest BCUT2D eigenvalue weighted by Gasteiger charge is 2.48. The van der Waals surface area contributed by atoms with Gasteiger partial charge in [0.2, 0.25) is 0 Å². The first-order valence-corrected chi connectivity index (χ1v) is 6.63. The highest BCUT2D eigenvalue weighted by molar-refractivity contribution is 7.91. The molecular formula is C8H14N2O3S. The molecule has 0 unspecified atom stereocenters. The van der Waals surface area contributed by atoms with Gasteiger partial charge in [-0.1, -0.05) is 6.92 Å². The Hall–Kier alpha value is -0.780. The quantitative estimate of drug-likeness (QED) is 0.641. The summed E-state index contributed by atoms with van der Waals surface area (Å²) in [5.41, 5.74) is 0. The number of carbonyl (C=O) groups is 1. The van der Waals surface area contributed by atoms with Gasteiger partial charge in [0.05, 0.1) is 23.6 Å². The van der Waals surface area contributed by atoms with Crippen LogP contribution in [0, 0.1) is 0 Å². The minimum absolute atomic E-state index is 0.101. The molecule has 2 amide bonds. The van der Waals surface area contributed by atoms with E-state index < -0.39 is 9.84 Å². The van der Waals surface area contributed by atoms with E-state index >= 15 is 0 Å². The molecule has 14 heavy (non-hydrogen) atoms. The highest BCUT2D eigenvalue weighted by Crippen LogP contribution is 2.23. The summed E-state index contributed by atoms with van der Waals surface area (Å²) in [5, 5.41) is 2.71. The average molecular weight is 218 g/mol. The number of hydrogen-bond donors (Lipinski definition) is 1. The van der Waals surface area contributed by atoms with Crippen LogP contribution in [0.4, 0.5) is 4.79 Å². The van der Waals surface area contributed by atoms with Crippen molar-refractivity contribution in [2.24, 2.45) is 0 Å². The largest absolute Gasteiger partial charge is 0.332 e. The Morgan fingerprint density at radius 2 is 2.21 bits per heavy atom. The Bertz CT molecular complexity index is 352. The summed E-state index contributed by atoms with van der Waals surface area (Å²) in [4.78, 5) is 13.1. The number of nitrogens with one attached hydrogen (secondary N) is 1. The molecule has 2 atom stereocenters. The van der Waals surface area contributed by atoms with Crippen LogP contribution < -0.4 is 5.32 Å². The zero-order valence-electron chi connectivity index (χ0n) is 8.06. The van der Waals surface area contributed by atoms with Crippen molar-refractivity contribution in [3.05, 3.63) is 0 Å². The molecule has 2 aliphatic rings. The van der Waals surface area contributed by atoms with Crippen LogP contribution in [0.3, 0.4) is 0 Å². The minimum Gasteiger partial charge on any atom is -0.332 e. The van der Waals surface area contributed by atoms with Crippen molar-refractivity contribution < 1.29 is 13.2 Å². The number of nitrogens with zero attached hydrogens (tertiary/aromatic N) is 1. The summed E-state index contributed by atoms with van der Waals surface area (Å²) in [6.45, 7) is 2.62. The summed E-state index contributed by atoms with van der Waals surface area (Å²) < 4.78 is 22.6. The molecule has 0 bridgehead atoms.